The number of amides is 1. The number of hydrogen-bond acceptors (Lipinski definition) is 2. The number of benzene rings is 2. The highest BCUT2D eigenvalue weighted by atomic mass is 35.5. The summed E-state index contributed by atoms with van der Waals surface area (Å²) in [4.78, 5) is 23.3. The molecule has 1 amide bonds. The van der Waals surface area contributed by atoms with Gasteiger partial charge in [-0.25, -0.2) is 4.79 Å². The first kappa shape index (κ1) is 17.0. The Kier molecular flexibility index (Phi) is 5.40. The lowest BCUT2D eigenvalue weighted by Gasteiger charge is -2.14. The first-order valence-corrected chi connectivity index (χ1v) is 7.64. The molecule has 0 aliphatic carbocycles. The summed E-state index contributed by atoms with van der Waals surface area (Å²) >= 11 is 6.02. The van der Waals surface area contributed by atoms with Crippen LogP contribution in [0.1, 0.15) is 28.4 Å². The molecule has 2 aromatic rings. The molecule has 2 rings (SSSR count). The van der Waals surface area contributed by atoms with Gasteiger partial charge in [-0.1, -0.05) is 48.4 Å². The van der Waals surface area contributed by atoms with Gasteiger partial charge in [0.25, 0.3) is 0 Å². The first-order chi connectivity index (χ1) is 10.9. The third-order valence-electron chi connectivity index (χ3n) is 3.54. The van der Waals surface area contributed by atoms with E-state index in [0.29, 0.717) is 17.1 Å². The van der Waals surface area contributed by atoms with Crippen LogP contribution in [0.4, 0.5) is 5.69 Å². The monoisotopic (exact) mass is 331 g/mol. The quantitative estimate of drug-likeness (QED) is 0.864. The van der Waals surface area contributed by atoms with Gasteiger partial charge < -0.3 is 10.4 Å². The van der Waals surface area contributed by atoms with Crippen LogP contribution in [0.2, 0.25) is 5.02 Å². The summed E-state index contributed by atoms with van der Waals surface area (Å²) in [5.41, 5.74) is 2.62. The number of aryl methyl sites for hydroxylation is 1. The van der Waals surface area contributed by atoms with Crippen molar-refractivity contribution in [3.8, 4) is 0 Å². The minimum absolute atomic E-state index is 0.0797. The molecule has 0 aliphatic heterocycles. The lowest BCUT2D eigenvalue weighted by Crippen LogP contribution is -2.22. The summed E-state index contributed by atoms with van der Waals surface area (Å²) in [5, 5.41) is 12.0. The molecule has 0 radical (unpaired) electrons. The van der Waals surface area contributed by atoms with Gasteiger partial charge in [0.15, 0.2) is 0 Å². The number of rotatable bonds is 5. The molecule has 0 aromatic heterocycles. The minimum atomic E-state index is -1.06. The second-order valence-electron chi connectivity index (χ2n) is 5.58. The molecule has 2 N–H and O–H groups in total. The number of aromatic carboxylic acids is 1. The second-order valence-corrected chi connectivity index (χ2v) is 5.99. The van der Waals surface area contributed by atoms with Gasteiger partial charge in [0.05, 0.1) is 16.3 Å². The van der Waals surface area contributed by atoms with Gasteiger partial charge in [0.1, 0.15) is 0 Å². The number of carbonyl (C=O) groups is 2. The van der Waals surface area contributed by atoms with Crippen molar-refractivity contribution < 1.29 is 14.7 Å². The van der Waals surface area contributed by atoms with Crippen LogP contribution < -0.4 is 5.32 Å². The van der Waals surface area contributed by atoms with Crippen LogP contribution in [0, 0.1) is 12.8 Å². The Hall–Kier alpha value is -2.33. The molecule has 4 nitrogen and oxygen atoms in total. The molecule has 5 heteroatoms. The van der Waals surface area contributed by atoms with E-state index in [9.17, 15) is 9.59 Å². The van der Waals surface area contributed by atoms with Crippen LogP contribution >= 0.6 is 11.6 Å². The molecule has 0 bridgehead atoms. The topological polar surface area (TPSA) is 66.4 Å². The maximum absolute atomic E-state index is 12.3. The van der Waals surface area contributed by atoms with Gasteiger partial charge >= 0.3 is 5.97 Å². The Morgan fingerprint density at radius 1 is 1.22 bits per heavy atom. The summed E-state index contributed by atoms with van der Waals surface area (Å²) < 4.78 is 0. The SMILES string of the molecule is Cc1cccc(CC(C)C(=O)Nc2cc(C(=O)O)ccc2Cl)c1. The fourth-order valence-electron chi connectivity index (χ4n) is 2.30. The van der Waals surface area contributed by atoms with Crippen molar-refractivity contribution in [3.05, 3.63) is 64.2 Å². The molecular weight excluding hydrogens is 314 g/mol. The highest BCUT2D eigenvalue weighted by molar-refractivity contribution is 6.33. The molecule has 1 unspecified atom stereocenters. The van der Waals surface area contributed by atoms with Crippen LogP contribution in [-0.2, 0) is 11.2 Å². The molecule has 0 spiro atoms. The average Bonchev–Trinajstić information content (AvgIpc) is 2.49. The zero-order valence-corrected chi connectivity index (χ0v) is 13.7. The van der Waals surface area contributed by atoms with Crippen molar-refractivity contribution in [2.75, 3.05) is 5.32 Å². The Morgan fingerprint density at radius 2 is 1.96 bits per heavy atom. The fraction of sp³-hybridized carbons (Fsp3) is 0.222. The lowest BCUT2D eigenvalue weighted by molar-refractivity contribution is -0.119. The van der Waals surface area contributed by atoms with E-state index in [0.717, 1.165) is 11.1 Å². The maximum atomic E-state index is 12.3. The highest BCUT2D eigenvalue weighted by Gasteiger charge is 2.16. The standard InChI is InChI=1S/C18H18ClNO3/c1-11-4-3-5-13(8-11)9-12(2)17(21)20-16-10-14(18(22)23)6-7-15(16)19/h3-8,10,12H,9H2,1-2H3,(H,20,21)(H,22,23). The van der Waals surface area contributed by atoms with Gasteiger partial charge in [0, 0.05) is 5.92 Å². The first-order valence-electron chi connectivity index (χ1n) is 7.26. The van der Waals surface area contributed by atoms with Crippen molar-refractivity contribution in [1.82, 2.24) is 0 Å². The molecule has 2 aromatic carbocycles. The average molecular weight is 332 g/mol. The van der Waals surface area contributed by atoms with Crippen LogP contribution in [-0.4, -0.2) is 17.0 Å². The zero-order valence-electron chi connectivity index (χ0n) is 13.0. The van der Waals surface area contributed by atoms with Crippen molar-refractivity contribution in [1.29, 1.82) is 0 Å². The summed E-state index contributed by atoms with van der Waals surface area (Å²) in [6, 6.07) is 12.2. The third-order valence-corrected chi connectivity index (χ3v) is 3.87. The molecule has 0 fully saturated rings. The van der Waals surface area contributed by atoms with E-state index in [-0.39, 0.29) is 17.4 Å². The van der Waals surface area contributed by atoms with E-state index in [2.05, 4.69) is 5.32 Å². The number of carboxylic acids is 1. The molecule has 0 saturated carbocycles. The fourth-order valence-corrected chi connectivity index (χ4v) is 2.46. The normalized spacial score (nSPS) is 11.8. The van der Waals surface area contributed by atoms with Gasteiger partial charge in [-0.3, -0.25) is 4.79 Å². The Bertz CT molecular complexity index is 743. The largest absolute Gasteiger partial charge is 0.478 e. The van der Waals surface area contributed by atoms with Crippen molar-refractivity contribution in [2.45, 2.75) is 20.3 Å². The number of anilines is 1. The van der Waals surface area contributed by atoms with E-state index >= 15 is 0 Å². The second kappa shape index (κ2) is 7.29. The zero-order chi connectivity index (χ0) is 17.0. The van der Waals surface area contributed by atoms with Crippen molar-refractivity contribution >= 4 is 29.2 Å². The van der Waals surface area contributed by atoms with Crippen LogP contribution in [0.25, 0.3) is 0 Å². The molecule has 120 valence electrons. The van der Waals surface area contributed by atoms with E-state index in [4.69, 9.17) is 16.7 Å². The molecule has 0 heterocycles. The Balaban J connectivity index is 2.09. The van der Waals surface area contributed by atoms with E-state index in [1.54, 1.807) is 0 Å². The summed E-state index contributed by atoms with van der Waals surface area (Å²) in [7, 11) is 0. The van der Waals surface area contributed by atoms with E-state index < -0.39 is 5.97 Å². The van der Waals surface area contributed by atoms with Crippen molar-refractivity contribution in [3.63, 3.8) is 0 Å². The van der Waals surface area contributed by atoms with E-state index in [1.165, 1.54) is 18.2 Å². The number of halogens is 1. The molecule has 0 saturated heterocycles. The summed E-state index contributed by atoms with van der Waals surface area (Å²) in [6.45, 7) is 3.83. The smallest absolute Gasteiger partial charge is 0.335 e. The summed E-state index contributed by atoms with van der Waals surface area (Å²) in [6.07, 6.45) is 0.601. The molecule has 0 aliphatic rings. The number of carbonyl (C=O) groups excluding carboxylic acids is 1. The van der Waals surface area contributed by atoms with Crippen molar-refractivity contribution in [2.24, 2.45) is 5.92 Å². The molecule has 23 heavy (non-hydrogen) atoms. The molecule has 1 atom stereocenters. The molecular formula is C18H18ClNO3. The maximum Gasteiger partial charge on any atom is 0.335 e. The Labute approximate surface area is 140 Å². The minimum Gasteiger partial charge on any atom is -0.478 e. The predicted molar refractivity (Wildman–Crippen MR) is 91.1 cm³/mol. The van der Waals surface area contributed by atoms with Gasteiger partial charge in [-0.15, -0.1) is 0 Å². The number of carboxylic acid groups (broad SMARTS) is 1. The van der Waals surface area contributed by atoms with Gasteiger partial charge in [-0.05, 0) is 37.1 Å². The lowest BCUT2D eigenvalue weighted by atomic mass is 9.99. The van der Waals surface area contributed by atoms with E-state index in [1.807, 2.05) is 38.1 Å². The Morgan fingerprint density at radius 3 is 2.61 bits per heavy atom. The van der Waals surface area contributed by atoms with Gasteiger partial charge in [-0.2, -0.15) is 0 Å². The van der Waals surface area contributed by atoms with Crippen LogP contribution in [0.15, 0.2) is 42.5 Å². The highest BCUT2D eigenvalue weighted by Crippen LogP contribution is 2.24. The predicted octanol–water partition coefficient (Wildman–Crippen LogP) is 4.16. The van der Waals surface area contributed by atoms with Crippen LogP contribution in [0.5, 0.6) is 0 Å². The summed E-state index contributed by atoms with van der Waals surface area (Å²) in [5.74, 6) is -1.53. The van der Waals surface area contributed by atoms with Gasteiger partial charge in [0.2, 0.25) is 5.91 Å². The number of hydrogen-bond donors (Lipinski definition) is 2. The third kappa shape index (κ3) is 4.57. The number of nitrogens with one attached hydrogen (secondary N) is 1. The van der Waals surface area contributed by atoms with Crippen LogP contribution in [0.3, 0.4) is 0 Å².